The maximum absolute atomic E-state index is 12.4. The summed E-state index contributed by atoms with van der Waals surface area (Å²) in [5, 5.41) is 10.2. The number of carbonyl (C=O) groups is 1. The first-order valence-corrected chi connectivity index (χ1v) is 9.04. The molecule has 6 heteroatoms. The van der Waals surface area contributed by atoms with E-state index in [1.54, 1.807) is 17.5 Å². The molecule has 1 amide bonds. The fourth-order valence-corrected chi connectivity index (χ4v) is 3.64. The van der Waals surface area contributed by atoms with Gasteiger partial charge in [-0.15, -0.1) is 16.4 Å². The summed E-state index contributed by atoms with van der Waals surface area (Å²) in [6, 6.07) is 8.09. The lowest BCUT2D eigenvalue weighted by molar-refractivity contribution is -0.131. The molecule has 1 fully saturated rings. The first-order chi connectivity index (χ1) is 11.3. The Morgan fingerprint density at radius 2 is 2.13 bits per heavy atom. The number of amides is 1. The van der Waals surface area contributed by atoms with Crippen LogP contribution in [0.1, 0.15) is 24.1 Å². The van der Waals surface area contributed by atoms with Gasteiger partial charge >= 0.3 is 0 Å². The lowest BCUT2D eigenvalue weighted by Gasteiger charge is -2.22. The molecule has 3 rings (SSSR count). The highest BCUT2D eigenvalue weighted by molar-refractivity contribution is 7.09. The van der Waals surface area contributed by atoms with Crippen molar-refractivity contribution in [1.29, 1.82) is 0 Å². The van der Waals surface area contributed by atoms with Gasteiger partial charge in [0.05, 0.1) is 0 Å². The Balaban J connectivity index is 1.46. The second kappa shape index (κ2) is 8.06. The second-order valence-electron chi connectivity index (χ2n) is 5.74. The van der Waals surface area contributed by atoms with Gasteiger partial charge in [-0.25, -0.2) is 0 Å². The molecule has 0 N–H and O–H groups in total. The number of anilines is 1. The molecule has 0 aliphatic carbocycles. The lowest BCUT2D eigenvalue weighted by atomic mass is 10.2. The third kappa shape index (κ3) is 4.51. The van der Waals surface area contributed by atoms with Gasteiger partial charge in [0.1, 0.15) is 0 Å². The van der Waals surface area contributed by atoms with Crippen LogP contribution in [-0.2, 0) is 11.2 Å². The normalized spacial score (nSPS) is 15.5. The van der Waals surface area contributed by atoms with Crippen molar-refractivity contribution < 1.29 is 4.79 Å². The average Bonchev–Trinajstić information content (AvgIpc) is 2.97. The maximum Gasteiger partial charge on any atom is 0.222 e. The molecule has 0 spiro atoms. The number of hydrogen-bond donors (Lipinski definition) is 0. The number of aryl methyl sites for hydroxylation is 1. The summed E-state index contributed by atoms with van der Waals surface area (Å²) in [7, 11) is 0. The molecule has 122 valence electrons. The van der Waals surface area contributed by atoms with Gasteiger partial charge < -0.3 is 9.80 Å². The third-order valence-electron chi connectivity index (χ3n) is 4.12. The van der Waals surface area contributed by atoms with Crippen LogP contribution >= 0.6 is 11.3 Å². The summed E-state index contributed by atoms with van der Waals surface area (Å²) in [5.41, 5.74) is 0. The first-order valence-electron chi connectivity index (χ1n) is 8.16. The Labute approximate surface area is 140 Å². The SMILES string of the molecule is O=C(CCCc1cccs1)N1CCCN(c2cccnn2)CC1. The van der Waals surface area contributed by atoms with Crippen molar-refractivity contribution in [2.45, 2.75) is 25.7 Å². The van der Waals surface area contributed by atoms with Crippen molar-refractivity contribution in [2.75, 3.05) is 31.1 Å². The van der Waals surface area contributed by atoms with E-state index >= 15 is 0 Å². The van der Waals surface area contributed by atoms with E-state index in [-0.39, 0.29) is 5.91 Å². The monoisotopic (exact) mass is 330 g/mol. The van der Waals surface area contributed by atoms with E-state index in [0.717, 1.165) is 51.3 Å². The lowest BCUT2D eigenvalue weighted by Crippen LogP contribution is -2.35. The second-order valence-corrected chi connectivity index (χ2v) is 6.77. The summed E-state index contributed by atoms with van der Waals surface area (Å²) in [6.07, 6.45) is 5.24. The van der Waals surface area contributed by atoms with Crippen LogP contribution in [0.5, 0.6) is 0 Å². The van der Waals surface area contributed by atoms with Crippen molar-refractivity contribution in [1.82, 2.24) is 15.1 Å². The summed E-state index contributed by atoms with van der Waals surface area (Å²) in [5.74, 6) is 1.18. The van der Waals surface area contributed by atoms with E-state index in [1.807, 2.05) is 17.0 Å². The first kappa shape index (κ1) is 15.9. The molecular weight excluding hydrogens is 308 g/mol. The van der Waals surface area contributed by atoms with Crippen LogP contribution in [-0.4, -0.2) is 47.2 Å². The van der Waals surface area contributed by atoms with Crippen LogP contribution in [0.4, 0.5) is 5.82 Å². The molecule has 0 radical (unpaired) electrons. The maximum atomic E-state index is 12.4. The number of hydrogen-bond acceptors (Lipinski definition) is 5. The molecule has 3 heterocycles. The average molecular weight is 330 g/mol. The Bertz CT molecular complexity index is 602. The Morgan fingerprint density at radius 1 is 1.17 bits per heavy atom. The number of rotatable bonds is 5. The van der Waals surface area contributed by atoms with Crippen molar-refractivity contribution in [3.8, 4) is 0 Å². The number of thiophene rings is 1. The summed E-state index contributed by atoms with van der Waals surface area (Å²) in [6.45, 7) is 3.37. The molecule has 1 saturated heterocycles. The molecule has 1 aliphatic heterocycles. The van der Waals surface area contributed by atoms with Crippen LogP contribution in [0, 0.1) is 0 Å². The zero-order chi connectivity index (χ0) is 15.9. The molecule has 2 aromatic rings. The molecule has 0 aromatic carbocycles. The van der Waals surface area contributed by atoms with Crippen molar-refractivity contribution in [2.24, 2.45) is 0 Å². The van der Waals surface area contributed by atoms with Crippen LogP contribution in [0.3, 0.4) is 0 Å². The molecule has 5 nitrogen and oxygen atoms in total. The summed E-state index contributed by atoms with van der Waals surface area (Å²) < 4.78 is 0. The van der Waals surface area contributed by atoms with Crippen molar-refractivity contribution in [3.63, 3.8) is 0 Å². The van der Waals surface area contributed by atoms with Gasteiger partial charge in [0, 0.05) is 43.7 Å². The van der Waals surface area contributed by atoms with Crippen LogP contribution in [0.15, 0.2) is 35.8 Å². The van der Waals surface area contributed by atoms with Gasteiger partial charge in [-0.05, 0) is 42.8 Å². The van der Waals surface area contributed by atoms with E-state index in [2.05, 4.69) is 32.6 Å². The van der Waals surface area contributed by atoms with Gasteiger partial charge in [0.2, 0.25) is 5.91 Å². The predicted octanol–water partition coefficient (Wildman–Crippen LogP) is 2.60. The van der Waals surface area contributed by atoms with Gasteiger partial charge in [-0.2, -0.15) is 5.10 Å². The molecule has 1 aliphatic rings. The van der Waals surface area contributed by atoms with Gasteiger partial charge in [-0.1, -0.05) is 6.07 Å². The van der Waals surface area contributed by atoms with E-state index in [9.17, 15) is 4.79 Å². The Hall–Kier alpha value is -1.95. The standard InChI is InChI=1S/C17H22N4OS/c22-17(8-1-5-15-6-3-14-23-15)21-11-4-10-20(12-13-21)16-7-2-9-18-19-16/h2-3,6-7,9,14H,1,4-5,8,10-13H2. The fourth-order valence-electron chi connectivity index (χ4n) is 2.88. The van der Waals surface area contributed by atoms with E-state index in [4.69, 9.17) is 0 Å². The molecule has 23 heavy (non-hydrogen) atoms. The number of carbonyl (C=O) groups excluding carboxylic acids is 1. The third-order valence-corrected chi connectivity index (χ3v) is 5.06. The molecule has 2 aromatic heterocycles. The van der Waals surface area contributed by atoms with Gasteiger partial charge in [0.15, 0.2) is 5.82 Å². The number of nitrogens with zero attached hydrogens (tertiary/aromatic N) is 4. The quantitative estimate of drug-likeness (QED) is 0.845. The summed E-state index contributed by atoms with van der Waals surface area (Å²) >= 11 is 1.77. The van der Waals surface area contributed by atoms with E-state index in [0.29, 0.717) is 6.42 Å². The fraction of sp³-hybridized carbons (Fsp3) is 0.471. The highest BCUT2D eigenvalue weighted by Crippen LogP contribution is 2.15. The molecule has 0 saturated carbocycles. The minimum absolute atomic E-state index is 0.280. The van der Waals surface area contributed by atoms with Crippen LogP contribution in [0.2, 0.25) is 0 Å². The van der Waals surface area contributed by atoms with Crippen molar-refractivity contribution in [3.05, 3.63) is 40.7 Å². The Kier molecular flexibility index (Phi) is 5.58. The zero-order valence-corrected chi connectivity index (χ0v) is 14.0. The minimum Gasteiger partial charge on any atom is -0.353 e. The smallest absolute Gasteiger partial charge is 0.222 e. The van der Waals surface area contributed by atoms with Gasteiger partial charge in [-0.3, -0.25) is 4.79 Å². The largest absolute Gasteiger partial charge is 0.353 e. The van der Waals surface area contributed by atoms with E-state index < -0.39 is 0 Å². The topological polar surface area (TPSA) is 49.3 Å². The highest BCUT2D eigenvalue weighted by Gasteiger charge is 2.19. The number of aromatic nitrogens is 2. The molecule has 0 unspecified atom stereocenters. The minimum atomic E-state index is 0.280. The zero-order valence-electron chi connectivity index (χ0n) is 13.2. The van der Waals surface area contributed by atoms with Crippen LogP contribution < -0.4 is 4.90 Å². The molecular formula is C17H22N4OS. The molecule has 0 atom stereocenters. The highest BCUT2D eigenvalue weighted by atomic mass is 32.1. The molecule has 0 bridgehead atoms. The van der Waals surface area contributed by atoms with Crippen molar-refractivity contribution >= 4 is 23.1 Å². The van der Waals surface area contributed by atoms with E-state index in [1.165, 1.54) is 4.88 Å². The van der Waals surface area contributed by atoms with Gasteiger partial charge in [0.25, 0.3) is 0 Å². The van der Waals surface area contributed by atoms with Crippen LogP contribution in [0.25, 0.3) is 0 Å². The predicted molar refractivity (Wildman–Crippen MR) is 92.7 cm³/mol. The Morgan fingerprint density at radius 3 is 2.91 bits per heavy atom. The summed E-state index contributed by atoms with van der Waals surface area (Å²) in [4.78, 5) is 18.0.